The van der Waals surface area contributed by atoms with E-state index in [1.165, 1.54) is 32.6 Å². The molecule has 31 heavy (non-hydrogen) atoms. The molecule has 6 rings (SSSR count). The van der Waals surface area contributed by atoms with Crippen LogP contribution in [0.15, 0.2) is 27.6 Å². The molecule has 1 aromatic rings. The standard InChI is InChI=1S/C26H34O5/c1-15(27)30-18-8-10-24(2)17(12-18)5-6-20-19(24)9-11-25(3)21(13-22-26(20,25)31-22)16-4-7-23(28)29-14-16/h4,7,14,17-22H,5-6,8-13H2,1-3H3/t17-,18-,19?,20?,21-,22+,24+,25-,26+/m1/s1. The van der Waals surface area contributed by atoms with Gasteiger partial charge >= 0.3 is 11.6 Å². The highest BCUT2D eigenvalue weighted by atomic mass is 16.6. The number of esters is 1. The maximum absolute atomic E-state index is 11.5. The molecule has 5 aliphatic rings. The van der Waals surface area contributed by atoms with E-state index >= 15 is 0 Å². The zero-order valence-corrected chi connectivity index (χ0v) is 18.9. The first-order valence-electron chi connectivity index (χ1n) is 12.2. The maximum Gasteiger partial charge on any atom is 0.335 e. The molecule has 0 N–H and O–H groups in total. The van der Waals surface area contributed by atoms with Crippen LogP contribution in [0.2, 0.25) is 0 Å². The predicted octanol–water partition coefficient (Wildman–Crippen LogP) is 4.83. The van der Waals surface area contributed by atoms with Gasteiger partial charge < -0.3 is 13.9 Å². The lowest BCUT2D eigenvalue weighted by Gasteiger charge is -2.61. The molecule has 2 heterocycles. The summed E-state index contributed by atoms with van der Waals surface area (Å²) in [6.45, 7) is 6.50. The van der Waals surface area contributed by atoms with Gasteiger partial charge in [0.05, 0.1) is 12.4 Å². The van der Waals surface area contributed by atoms with Crippen LogP contribution >= 0.6 is 0 Å². The van der Waals surface area contributed by atoms with Crippen molar-refractivity contribution in [1.82, 2.24) is 0 Å². The predicted molar refractivity (Wildman–Crippen MR) is 114 cm³/mol. The van der Waals surface area contributed by atoms with E-state index in [1.54, 1.807) is 12.3 Å². The van der Waals surface area contributed by atoms with Gasteiger partial charge in [0.25, 0.3) is 0 Å². The molecule has 4 saturated carbocycles. The number of carbonyl (C=O) groups is 1. The number of fused-ring (bicyclic) bond motifs is 3. The third kappa shape index (κ3) is 2.59. The second kappa shape index (κ2) is 6.46. The van der Waals surface area contributed by atoms with Crippen molar-refractivity contribution in [3.63, 3.8) is 0 Å². The Bertz CT molecular complexity index is 948. The summed E-state index contributed by atoms with van der Waals surface area (Å²) in [5, 5.41) is 0. The fourth-order valence-corrected chi connectivity index (χ4v) is 9.06. The molecule has 1 aromatic heterocycles. The number of carbonyl (C=O) groups excluding carboxylic acids is 1. The minimum Gasteiger partial charge on any atom is -0.463 e. The van der Waals surface area contributed by atoms with Gasteiger partial charge in [-0.1, -0.05) is 13.8 Å². The molecule has 1 spiro atoms. The van der Waals surface area contributed by atoms with Crippen molar-refractivity contribution in [3.05, 3.63) is 34.4 Å². The highest BCUT2D eigenvalue weighted by Gasteiger charge is 2.80. The smallest absolute Gasteiger partial charge is 0.335 e. The quantitative estimate of drug-likeness (QED) is 0.500. The van der Waals surface area contributed by atoms with Crippen molar-refractivity contribution >= 4 is 5.97 Å². The van der Waals surface area contributed by atoms with E-state index in [2.05, 4.69) is 13.8 Å². The molecule has 0 amide bonds. The Morgan fingerprint density at radius 1 is 1.06 bits per heavy atom. The number of hydrogen-bond acceptors (Lipinski definition) is 5. The topological polar surface area (TPSA) is 69.0 Å². The normalized spacial score (nSPS) is 49.9. The van der Waals surface area contributed by atoms with Crippen LogP contribution < -0.4 is 5.63 Å². The second-order valence-electron chi connectivity index (χ2n) is 11.5. The van der Waals surface area contributed by atoms with Crippen LogP contribution in [0.25, 0.3) is 0 Å². The molecule has 9 atom stereocenters. The molecule has 5 heteroatoms. The lowest BCUT2D eigenvalue weighted by Crippen LogP contribution is -2.58. The Morgan fingerprint density at radius 2 is 1.90 bits per heavy atom. The van der Waals surface area contributed by atoms with Gasteiger partial charge in [-0.3, -0.25) is 4.79 Å². The average Bonchev–Trinajstić information content (AvgIpc) is 3.39. The monoisotopic (exact) mass is 426 g/mol. The molecule has 5 fully saturated rings. The van der Waals surface area contributed by atoms with Gasteiger partial charge in [-0.2, -0.15) is 0 Å². The molecule has 0 bridgehead atoms. The van der Waals surface area contributed by atoms with Crippen LogP contribution in [0.3, 0.4) is 0 Å². The Hall–Kier alpha value is -1.62. The van der Waals surface area contributed by atoms with Crippen LogP contribution in [0.5, 0.6) is 0 Å². The summed E-state index contributed by atoms with van der Waals surface area (Å²) in [6, 6.07) is 3.54. The molecular weight excluding hydrogens is 392 g/mol. The molecule has 0 radical (unpaired) electrons. The highest BCUT2D eigenvalue weighted by Crippen LogP contribution is 2.77. The van der Waals surface area contributed by atoms with Crippen LogP contribution in [0.1, 0.15) is 83.6 Å². The highest BCUT2D eigenvalue weighted by molar-refractivity contribution is 5.66. The molecule has 2 unspecified atom stereocenters. The molecule has 0 aromatic carbocycles. The number of rotatable bonds is 2. The first-order chi connectivity index (χ1) is 14.8. The molecule has 4 aliphatic carbocycles. The lowest BCUT2D eigenvalue weighted by molar-refractivity contribution is -0.162. The van der Waals surface area contributed by atoms with Crippen molar-refractivity contribution < 1.29 is 18.7 Å². The van der Waals surface area contributed by atoms with Crippen molar-refractivity contribution in [3.8, 4) is 0 Å². The SMILES string of the molecule is CC(=O)O[C@@H]1CC[C@]2(C)C3CC[C@]4(C)[C@@H](c5ccc(=O)oc5)C[C@@H]5O[C@@]54C3CC[C@@H]2C1. The van der Waals surface area contributed by atoms with Gasteiger partial charge in [0.15, 0.2) is 0 Å². The summed E-state index contributed by atoms with van der Waals surface area (Å²) in [5.41, 5.74) is 1.32. The average molecular weight is 427 g/mol. The molecule has 1 aliphatic heterocycles. The summed E-state index contributed by atoms with van der Waals surface area (Å²) in [7, 11) is 0. The zero-order valence-electron chi connectivity index (χ0n) is 18.9. The van der Waals surface area contributed by atoms with Crippen LogP contribution in [0, 0.1) is 28.6 Å². The Kier molecular flexibility index (Phi) is 4.17. The van der Waals surface area contributed by atoms with E-state index in [1.807, 2.05) is 6.07 Å². The van der Waals surface area contributed by atoms with Crippen molar-refractivity contribution in [2.45, 2.75) is 95.9 Å². The third-order valence-corrected chi connectivity index (χ3v) is 10.5. The third-order valence-electron chi connectivity index (χ3n) is 10.5. The largest absolute Gasteiger partial charge is 0.463 e. The Labute approximate surface area is 183 Å². The lowest BCUT2D eigenvalue weighted by atomic mass is 9.44. The summed E-state index contributed by atoms with van der Waals surface area (Å²) >= 11 is 0. The minimum absolute atomic E-state index is 0.00255. The van der Waals surface area contributed by atoms with Crippen LogP contribution in [-0.4, -0.2) is 23.8 Å². The van der Waals surface area contributed by atoms with Crippen LogP contribution in [0.4, 0.5) is 0 Å². The fraction of sp³-hybridized carbons (Fsp3) is 0.769. The van der Waals surface area contributed by atoms with E-state index in [-0.39, 0.29) is 28.7 Å². The van der Waals surface area contributed by atoms with E-state index < -0.39 is 0 Å². The van der Waals surface area contributed by atoms with Crippen molar-refractivity contribution in [2.24, 2.45) is 28.6 Å². The summed E-state index contributed by atoms with van der Waals surface area (Å²) in [6.07, 6.45) is 11.2. The number of hydrogen-bond donors (Lipinski definition) is 0. The van der Waals surface area contributed by atoms with Gasteiger partial charge in [-0.25, -0.2) is 4.79 Å². The Morgan fingerprint density at radius 3 is 2.65 bits per heavy atom. The maximum atomic E-state index is 11.5. The van der Waals surface area contributed by atoms with E-state index in [4.69, 9.17) is 13.9 Å². The van der Waals surface area contributed by atoms with Gasteiger partial charge in [0.1, 0.15) is 11.7 Å². The summed E-state index contributed by atoms with van der Waals surface area (Å²) in [5.74, 6) is 2.21. The number of ether oxygens (including phenoxy) is 2. The number of epoxide rings is 1. The first kappa shape index (κ1) is 20.0. The molecule has 168 valence electrons. The van der Waals surface area contributed by atoms with E-state index in [0.29, 0.717) is 35.2 Å². The molecular formula is C26H34O5. The second-order valence-corrected chi connectivity index (χ2v) is 11.5. The van der Waals surface area contributed by atoms with Gasteiger partial charge in [-0.05, 0) is 92.1 Å². The zero-order chi connectivity index (χ0) is 21.6. The Balaban J connectivity index is 1.28. The van der Waals surface area contributed by atoms with E-state index in [0.717, 1.165) is 31.2 Å². The van der Waals surface area contributed by atoms with Crippen LogP contribution in [-0.2, 0) is 14.3 Å². The van der Waals surface area contributed by atoms with Gasteiger partial charge in [-0.15, -0.1) is 0 Å². The molecule has 1 saturated heterocycles. The summed E-state index contributed by atoms with van der Waals surface area (Å²) < 4.78 is 17.5. The van der Waals surface area contributed by atoms with Crippen molar-refractivity contribution in [2.75, 3.05) is 0 Å². The summed E-state index contributed by atoms with van der Waals surface area (Å²) in [4.78, 5) is 23.0. The minimum atomic E-state index is -0.276. The van der Waals surface area contributed by atoms with Crippen molar-refractivity contribution in [1.29, 1.82) is 0 Å². The molecule has 5 nitrogen and oxygen atoms in total. The first-order valence-corrected chi connectivity index (χ1v) is 12.2. The van der Waals surface area contributed by atoms with Gasteiger partial charge in [0.2, 0.25) is 0 Å². The van der Waals surface area contributed by atoms with Gasteiger partial charge in [0, 0.05) is 18.4 Å². The van der Waals surface area contributed by atoms with E-state index in [9.17, 15) is 9.59 Å². The fourth-order valence-electron chi connectivity index (χ4n) is 9.06.